The molecule has 2 rings (SSSR count). The molecule has 5 heteroatoms. The van der Waals surface area contributed by atoms with Crippen molar-refractivity contribution in [2.45, 2.75) is 32.2 Å². The standard InChI is InChI=1S/C15H24N4O/c1-3-7-16-14-11-12(6-8-17-14)15(20)18-9-10-19(2)13-4-5-13/h6,8,11,13H,3-5,7,9-10H2,1-2H3,(H,16,17)(H,18,20). The van der Waals surface area contributed by atoms with Crippen LogP contribution in [0.2, 0.25) is 0 Å². The van der Waals surface area contributed by atoms with E-state index in [2.05, 4.69) is 34.5 Å². The number of likely N-dealkylation sites (N-methyl/N-ethyl adjacent to an activating group) is 1. The van der Waals surface area contributed by atoms with Gasteiger partial charge in [0.25, 0.3) is 5.91 Å². The Balaban J connectivity index is 1.78. The molecule has 1 aliphatic carbocycles. The highest BCUT2D eigenvalue weighted by molar-refractivity contribution is 5.94. The number of nitrogens with one attached hydrogen (secondary N) is 2. The van der Waals surface area contributed by atoms with Crippen LogP contribution in [-0.4, -0.2) is 48.5 Å². The Bertz CT molecular complexity index is 445. The molecule has 0 unspecified atom stereocenters. The van der Waals surface area contributed by atoms with Gasteiger partial charge in [0, 0.05) is 37.4 Å². The van der Waals surface area contributed by atoms with E-state index in [-0.39, 0.29) is 5.91 Å². The summed E-state index contributed by atoms with van der Waals surface area (Å²) in [6.07, 6.45) is 5.29. The Morgan fingerprint density at radius 2 is 2.25 bits per heavy atom. The van der Waals surface area contributed by atoms with E-state index in [0.717, 1.165) is 31.4 Å². The number of hydrogen-bond acceptors (Lipinski definition) is 4. The molecule has 110 valence electrons. The fourth-order valence-corrected chi connectivity index (χ4v) is 2.07. The van der Waals surface area contributed by atoms with Gasteiger partial charge in [0.2, 0.25) is 0 Å². The molecule has 1 fully saturated rings. The molecule has 1 aromatic heterocycles. The molecule has 1 aromatic rings. The van der Waals surface area contributed by atoms with Crippen LogP contribution in [0.25, 0.3) is 0 Å². The summed E-state index contributed by atoms with van der Waals surface area (Å²) in [6, 6.07) is 4.28. The topological polar surface area (TPSA) is 57.3 Å². The lowest BCUT2D eigenvalue weighted by molar-refractivity contribution is 0.0949. The molecule has 5 nitrogen and oxygen atoms in total. The second-order valence-corrected chi connectivity index (χ2v) is 5.32. The summed E-state index contributed by atoms with van der Waals surface area (Å²) in [6.45, 7) is 4.55. The average Bonchev–Trinajstić information content (AvgIpc) is 3.29. The van der Waals surface area contributed by atoms with Gasteiger partial charge in [0.1, 0.15) is 5.82 Å². The molecule has 0 aliphatic heterocycles. The minimum atomic E-state index is -0.0313. The zero-order chi connectivity index (χ0) is 14.4. The van der Waals surface area contributed by atoms with Crippen LogP contribution in [0.4, 0.5) is 5.82 Å². The van der Waals surface area contributed by atoms with Crippen molar-refractivity contribution >= 4 is 11.7 Å². The number of nitrogens with zero attached hydrogens (tertiary/aromatic N) is 2. The molecular weight excluding hydrogens is 252 g/mol. The van der Waals surface area contributed by atoms with E-state index >= 15 is 0 Å². The summed E-state index contributed by atoms with van der Waals surface area (Å²) in [7, 11) is 2.11. The van der Waals surface area contributed by atoms with E-state index < -0.39 is 0 Å². The number of amides is 1. The van der Waals surface area contributed by atoms with Crippen LogP contribution >= 0.6 is 0 Å². The summed E-state index contributed by atoms with van der Waals surface area (Å²) in [5, 5.41) is 6.15. The van der Waals surface area contributed by atoms with Gasteiger partial charge in [0.05, 0.1) is 0 Å². The Morgan fingerprint density at radius 3 is 2.95 bits per heavy atom. The van der Waals surface area contributed by atoms with Gasteiger partial charge >= 0.3 is 0 Å². The zero-order valence-corrected chi connectivity index (χ0v) is 12.4. The maximum atomic E-state index is 12.1. The van der Waals surface area contributed by atoms with Crippen molar-refractivity contribution in [3.63, 3.8) is 0 Å². The van der Waals surface area contributed by atoms with Crippen LogP contribution in [0.5, 0.6) is 0 Å². The predicted molar refractivity (Wildman–Crippen MR) is 81.0 cm³/mol. The lowest BCUT2D eigenvalue weighted by atomic mass is 10.2. The van der Waals surface area contributed by atoms with Crippen molar-refractivity contribution in [3.8, 4) is 0 Å². The van der Waals surface area contributed by atoms with Gasteiger partial charge in [-0.25, -0.2) is 4.98 Å². The lowest BCUT2D eigenvalue weighted by Gasteiger charge is -2.15. The molecular formula is C15H24N4O. The fraction of sp³-hybridized carbons (Fsp3) is 0.600. The second kappa shape index (κ2) is 7.24. The van der Waals surface area contributed by atoms with Gasteiger partial charge in [-0.1, -0.05) is 6.92 Å². The van der Waals surface area contributed by atoms with Crippen LogP contribution in [0, 0.1) is 0 Å². The van der Waals surface area contributed by atoms with Crippen LogP contribution in [0.1, 0.15) is 36.5 Å². The highest BCUT2D eigenvalue weighted by Crippen LogP contribution is 2.24. The highest BCUT2D eigenvalue weighted by atomic mass is 16.1. The third kappa shape index (κ3) is 4.49. The lowest BCUT2D eigenvalue weighted by Crippen LogP contribution is -2.34. The van der Waals surface area contributed by atoms with Gasteiger partial charge in [-0.15, -0.1) is 0 Å². The van der Waals surface area contributed by atoms with Crippen molar-refractivity contribution in [1.29, 1.82) is 0 Å². The summed E-state index contributed by atoms with van der Waals surface area (Å²) in [5.41, 5.74) is 0.660. The average molecular weight is 276 g/mol. The molecule has 0 atom stereocenters. The third-order valence-electron chi connectivity index (χ3n) is 3.50. The minimum Gasteiger partial charge on any atom is -0.370 e. The molecule has 0 aromatic carbocycles. The predicted octanol–water partition coefficient (Wildman–Crippen LogP) is 1.73. The van der Waals surface area contributed by atoms with Crippen molar-refractivity contribution in [2.24, 2.45) is 0 Å². The first-order valence-corrected chi connectivity index (χ1v) is 7.39. The van der Waals surface area contributed by atoms with Crippen molar-refractivity contribution < 1.29 is 4.79 Å². The van der Waals surface area contributed by atoms with E-state index in [0.29, 0.717) is 12.1 Å². The van der Waals surface area contributed by atoms with E-state index in [4.69, 9.17) is 0 Å². The van der Waals surface area contributed by atoms with E-state index in [1.54, 1.807) is 18.3 Å². The fourth-order valence-electron chi connectivity index (χ4n) is 2.07. The minimum absolute atomic E-state index is 0.0313. The van der Waals surface area contributed by atoms with Crippen LogP contribution in [0.15, 0.2) is 18.3 Å². The highest BCUT2D eigenvalue weighted by Gasteiger charge is 2.25. The Labute approximate surface area is 120 Å². The molecule has 1 amide bonds. The van der Waals surface area contributed by atoms with Crippen LogP contribution < -0.4 is 10.6 Å². The van der Waals surface area contributed by atoms with Gasteiger partial charge in [-0.3, -0.25) is 4.79 Å². The second-order valence-electron chi connectivity index (χ2n) is 5.32. The summed E-state index contributed by atoms with van der Waals surface area (Å²) < 4.78 is 0. The molecule has 0 saturated heterocycles. The third-order valence-corrected chi connectivity index (χ3v) is 3.50. The molecule has 0 spiro atoms. The van der Waals surface area contributed by atoms with Crippen LogP contribution in [0.3, 0.4) is 0 Å². The monoisotopic (exact) mass is 276 g/mol. The zero-order valence-electron chi connectivity index (χ0n) is 12.4. The molecule has 0 radical (unpaired) electrons. The molecule has 1 saturated carbocycles. The quantitative estimate of drug-likeness (QED) is 0.759. The number of rotatable bonds is 8. The first kappa shape index (κ1) is 14.8. The summed E-state index contributed by atoms with van der Waals surface area (Å²) in [4.78, 5) is 18.6. The van der Waals surface area contributed by atoms with Crippen LogP contribution in [-0.2, 0) is 0 Å². The number of carbonyl (C=O) groups excluding carboxylic acids is 1. The van der Waals surface area contributed by atoms with Gasteiger partial charge in [-0.05, 0) is 38.4 Å². The van der Waals surface area contributed by atoms with E-state index in [1.165, 1.54) is 12.8 Å². The Morgan fingerprint density at radius 1 is 1.45 bits per heavy atom. The van der Waals surface area contributed by atoms with Crippen molar-refractivity contribution in [3.05, 3.63) is 23.9 Å². The number of carbonyl (C=O) groups is 1. The Hall–Kier alpha value is -1.62. The van der Waals surface area contributed by atoms with Crippen molar-refractivity contribution in [1.82, 2.24) is 15.2 Å². The molecule has 2 N–H and O–H groups in total. The first-order valence-electron chi connectivity index (χ1n) is 7.39. The number of anilines is 1. The number of pyridine rings is 1. The van der Waals surface area contributed by atoms with E-state index in [9.17, 15) is 4.79 Å². The molecule has 1 heterocycles. The van der Waals surface area contributed by atoms with Gasteiger partial charge < -0.3 is 15.5 Å². The SMILES string of the molecule is CCCNc1cc(C(=O)NCCN(C)C2CC2)ccn1. The molecule has 20 heavy (non-hydrogen) atoms. The Kier molecular flexibility index (Phi) is 5.35. The van der Waals surface area contributed by atoms with Gasteiger partial charge in [-0.2, -0.15) is 0 Å². The molecule has 1 aliphatic rings. The first-order chi connectivity index (χ1) is 9.70. The summed E-state index contributed by atoms with van der Waals surface area (Å²) >= 11 is 0. The smallest absolute Gasteiger partial charge is 0.251 e. The normalized spacial score (nSPS) is 14.3. The van der Waals surface area contributed by atoms with Gasteiger partial charge in [0.15, 0.2) is 0 Å². The number of aromatic nitrogens is 1. The molecule has 0 bridgehead atoms. The maximum absolute atomic E-state index is 12.1. The largest absolute Gasteiger partial charge is 0.370 e. The summed E-state index contributed by atoms with van der Waals surface area (Å²) in [5.74, 6) is 0.728. The van der Waals surface area contributed by atoms with Crippen molar-refractivity contribution in [2.75, 3.05) is 32.0 Å². The maximum Gasteiger partial charge on any atom is 0.251 e. The number of hydrogen-bond donors (Lipinski definition) is 2. The van der Waals surface area contributed by atoms with E-state index in [1.807, 2.05) is 0 Å².